The number of carbonyl (C=O) groups is 1. The first-order chi connectivity index (χ1) is 14.6. The van der Waals surface area contributed by atoms with E-state index in [1.54, 1.807) is 12.1 Å². The number of nitrogens with zero attached hydrogens (tertiary/aromatic N) is 1. The smallest absolute Gasteiger partial charge is 0.227 e. The Hall–Kier alpha value is -2.99. The zero-order valence-corrected chi connectivity index (χ0v) is 17.3. The Bertz CT molecular complexity index is 1040. The molecule has 1 N–H and O–H groups in total. The number of hydrogen-bond acceptors (Lipinski definition) is 2. The lowest BCUT2D eigenvalue weighted by molar-refractivity contribution is -0.123. The monoisotopic (exact) mass is 422 g/mol. The summed E-state index contributed by atoms with van der Waals surface area (Å²) in [5.41, 5.74) is 2.86. The largest absolute Gasteiger partial charge is 0.352 e. The van der Waals surface area contributed by atoms with Gasteiger partial charge in [0, 0.05) is 17.9 Å². The van der Waals surface area contributed by atoms with Crippen molar-refractivity contribution in [2.45, 2.75) is 19.4 Å². The molecule has 0 fully saturated rings. The van der Waals surface area contributed by atoms with E-state index in [4.69, 9.17) is 0 Å². The predicted molar refractivity (Wildman–Crippen MR) is 119 cm³/mol. The second kappa shape index (κ2) is 9.22. The van der Waals surface area contributed by atoms with Gasteiger partial charge in [-0.05, 0) is 35.7 Å². The van der Waals surface area contributed by atoms with Crippen LogP contribution in [0.4, 0.5) is 10.1 Å². The van der Waals surface area contributed by atoms with Gasteiger partial charge in [-0.2, -0.15) is 0 Å². The molecule has 2 aromatic rings. The summed E-state index contributed by atoms with van der Waals surface area (Å²) < 4.78 is 28.2. The minimum atomic E-state index is -1.30. The summed E-state index contributed by atoms with van der Waals surface area (Å²) in [5, 5.41) is 2.90. The van der Waals surface area contributed by atoms with E-state index in [1.807, 2.05) is 59.0 Å². The Labute approximate surface area is 178 Å². The van der Waals surface area contributed by atoms with E-state index < -0.39 is 11.0 Å². The molecule has 2 unspecified atom stereocenters. The molecule has 1 aliphatic heterocycles. The number of carbonyl (C=O) groups excluding carboxylic acids is 1. The summed E-state index contributed by atoms with van der Waals surface area (Å²) in [6.07, 6.45) is 10.8. The first kappa shape index (κ1) is 20.3. The zero-order valence-electron chi connectivity index (χ0n) is 16.5. The molecule has 1 amide bonds. The van der Waals surface area contributed by atoms with Crippen molar-refractivity contribution in [1.29, 1.82) is 0 Å². The highest BCUT2D eigenvalue weighted by atomic mass is 32.2. The molecule has 30 heavy (non-hydrogen) atoms. The van der Waals surface area contributed by atoms with Crippen LogP contribution < -0.4 is 9.62 Å². The van der Waals surface area contributed by atoms with E-state index in [0.29, 0.717) is 25.9 Å². The van der Waals surface area contributed by atoms with Gasteiger partial charge in [-0.3, -0.25) is 9.10 Å². The van der Waals surface area contributed by atoms with Gasteiger partial charge >= 0.3 is 0 Å². The number of para-hydroxylation sites is 1. The van der Waals surface area contributed by atoms with Crippen LogP contribution in [-0.4, -0.2) is 16.7 Å². The third kappa shape index (κ3) is 4.60. The van der Waals surface area contributed by atoms with Crippen LogP contribution in [0.2, 0.25) is 0 Å². The summed E-state index contributed by atoms with van der Waals surface area (Å²) in [7, 11) is -1.30. The second-order valence-corrected chi connectivity index (χ2v) is 8.72. The third-order valence-corrected chi connectivity index (χ3v) is 6.73. The maximum absolute atomic E-state index is 13.3. The molecule has 1 aliphatic carbocycles. The van der Waals surface area contributed by atoms with Crippen molar-refractivity contribution in [3.8, 4) is 0 Å². The number of nitrogens with one attached hydrogen (secondary N) is 1. The van der Waals surface area contributed by atoms with Crippen molar-refractivity contribution in [3.63, 3.8) is 0 Å². The van der Waals surface area contributed by atoms with Crippen molar-refractivity contribution in [1.82, 2.24) is 5.32 Å². The molecule has 2 aromatic carbocycles. The topological polar surface area (TPSA) is 49.4 Å². The van der Waals surface area contributed by atoms with Gasteiger partial charge < -0.3 is 5.32 Å². The van der Waals surface area contributed by atoms with Gasteiger partial charge in [0.25, 0.3) is 0 Å². The number of hydrogen-bond donors (Lipinski definition) is 1. The standard InChI is InChI=1S/C24H23FN2O2S/c25-21-13-10-18(11-14-21)17-26-24(28)20-6-3-8-22(15-12-20)30(29)27-16-4-7-19-5-1-2-9-23(19)27/h1-7,9-11,13-15,20H,8,12,16-17H2,(H,26,28). The van der Waals surface area contributed by atoms with E-state index >= 15 is 0 Å². The van der Waals surface area contributed by atoms with E-state index in [-0.39, 0.29) is 17.6 Å². The van der Waals surface area contributed by atoms with Crippen LogP contribution in [-0.2, 0) is 22.3 Å². The van der Waals surface area contributed by atoms with Crippen LogP contribution in [0, 0.1) is 11.7 Å². The van der Waals surface area contributed by atoms with Crippen molar-refractivity contribution in [2.75, 3.05) is 10.8 Å². The normalized spacial score (nSPS) is 18.9. The summed E-state index contributed by atoms with van der Waals surface area (Å²) in [4.78, 5) is 13.4. The molecular weight excluding hydrogens is 399 g/mol. The molecule has 0 radical (unpaired) electrons. The highest BCUT2D eigenvalue weighted by Gasteiger charge is 2.23. The second-order valence-electron chi connectivity index (χ2n) is 7.26. The van der Waals surface area contributed by atoms with Crippen molar-refractivity contribution < 1.29 is 13.4 Å². The number of rotatable bonds is 5. The summed E-state index contributed by atoms with van der Waals surface area (Å²) in [6.45, 7) is 0.940. The maximum Gasteiger partial charge on any atom is 0.227 e. The lowest BCUT2D eigenvalue weighted by Gasteiger charge is -2.27. The number of fused-ring (bicyclic) bond motifs is 1. The fraction of sp³-hybridized carbons (Fsp3) is 0.208. The van der Waals surface area contributed by atoms with Crippen LogP contribution >= 0.6 is 0 Å². The number of halogens is 1. The number of benzene rings is 2. The molecule has 0 bridgehead atoms. The highest BCUT2D eigenvalue weighted by Crippen LogP contribution is 2.30. The van der Waals surface area contributed by atoms with Gasteiger partial charge in [-0.15, -0.1) is 0 Å². The predicted octanol–water partition coefficient (Wildman–Crippen LogP) is 4.49. The average molecular weight is 423 g/mol. The Morgan fingerprint density at radius 3 is 2.77 bits per heavy atom. The van der Waals surface area contributed by atoms with Crippen molar-refractivity contribution >= 4 is 28.7 Å². The molecule has 2 atom stereocenters. The molecule has 0 saturated heterocycles. The van der Waals surface area contributed by atoms with Gasteiger partial charge in [0.2, 0.25) is 5.91 Å². The Kier molecular flexibility index (Phi) is 6.23. The average Bonchev–Trinajstić information content (AvgIpc) is 3.04. The van der Waals surface area contributed by atoms with Crippen LogP contribution in [0.3, 0.4) is 0 Å². The molecule has 154 valence electrons. The fourth-order valence-corrected chi connectivity index (χ4v) is 4.88. The molecular formula is C24H23FN2O2S. The minimum absolute atomic E-state index is 0.0925. The Morgan fingerprint density at radius 2 is 1.93 bits per heavy atom. The number of allylic oxidation sites excluding steroid dienone is 3. The molecule has 6 heteroatoms. The molecule has 0 aromatic heterocycles. The first-order valence-corrected chi connectivity index (χ1v) is 11.1. The van der Waals surface area contributed by atoms with Gasteiger partial charge in [0.15, 0.2) is 0 Å². The SMILES string of the molecule is O=C(NCc1ccc(F)cc1)C1C=CCC(S(=O)N2CC=Cc3ccccc32)=CC1. The summed E-state index contributed by atoms with van der Waals surface area (Å²) in [5.74, 6) is -0.701. The quantitative estimate of drug-likeness (QED) is 0.722. The van der Waals surface area contributed by atoms with Gasteiger partial charge in [-0.1, -0.05) is 60.7 Å². The first-order valence-electron chi connectivity index (χ1n) is 9.94. The maximum atomic E-state index is 13.3. The Balaban J connectivity index is 1.40. The molecule has 1 heterocycles. The van der Waals surface area contributed by atoms with Crippen molar-refractivity contribution in [2.24, 2.45) is 5.92 Å². The van der Waals surface area contributed by atoms with Crippen molar-refractivity contribution in [3.05, 3.63) is 94.7 Å². The van der Waals surface area contributed by atoms with Gasteiger partial charge in [-0.25, -0.2) is 8.60 Å². The van der Waals surface area contributed by atoms with Gasteiger partial charge in [0.05, 0.1) is 18.2 Å². The van der Waals surface area contributed by atoms with Crippen LogP contribution in [0.1, 0.15) is 24.0 Å². The molecule has 4 rings (SSSR count). The Morgan fingerprint density at radius 1 is 1.13 bits per heavy atom. The lowest BCUT2D eigenvalue weighted by Crippen LogP contribution is -2.29. The van der Waals surface area contributed by atoms with Crippen LogP contribution in [0.25, 0.3) is 6.08 Å². The van der Waals surface area contributed by atoms with Gasteiger partial charge in [0.1, 0.15) is 16.8 Å². The zero-order chi connectivity index (χ0) is 20.9. The fourth-order valence-electron chi connectivity index (χ4n) is 3.56. The molecule has 4 nitrogen and oxygen atoms in total. The summed E-state index contributed by atoms with van der Waals surface area (Å²) >= 11 is 0. The van der Waals surface area contributed by atoms with Crippen LogP contribution in [0.15, 0.2) is 77.7 Å². The lowest BCUT2D eigenvalue weighted by atomic mass is 10.0. The third-order valence-electron chi connectivity index (χ3n) is 5.20. The van der Waals surface area contributed by atoms with Crippen LogP contribution in [0.5, 0.6) is 0 Å². The molecule has 0 spiro atoms. The number of anilines is 1. The van der Waals surface area contributed by atoms with E-state index in [1.165, 1.54) is 12.1 Å². The summed E-state index contributed by atoms with van der Waals surface area (Å²) in [6, 6.07) is 14.0. The van der Waals surface area contributed by atoms with E-state index in [9.17, 15) is 13.4 Å². The van der Waals surface area contributed by atoms with E-state index in [0.717, 1.165) is 21.7 Å². The molecule has 2 aliphatic rings. The van der Waals surface area contributed by atoms with E-state index in [2.05, 4.69) is 5.32 Å². The number of amides is 1. The highest BCUT2D eigenvalue weighted by molar-refractivity contribution is 7.90. The minimum Gasteiger partial charge on any atom is -0.352 e. The molecule has 0 saturated carbocycles.